The number of nitrogen functional groups attached to an aromatic ring is 1. The molecule has 3 rings (SSSR count). The fourth-order valence-corrected chi connectivity index (χ4v) is 3.31. The predicted molar refractivity (Wildman–Crippen MR) is 87.4 cm³/mol. The van der Waals surface area contributed by atoms with Gasteiger partial charge in [-0.25, -0.2) is 4.98 Å². The van der Waals surface area contributed by atoms with Crippen molar-refractivity contribution < 1.29 is 0 Å². The standard InChI is InChI=1S/C16H18BrN3/c1-10-7-12-5-3-4-6-14(12)20(9-10)16-15(17)11(2)13(18)8-19-16/h3-6,8,10H,7,9,18H2,1-2H3. The van der Waals surface area contributed by atoms with E-state index in [0.29, 0.717) is 5.92 Å². The van der Waals surface area contributed by atoms with Gasteiger partial charge in [0.15, 0.2) is 0 Å². The molecule has 0 radical (unpaired) electrons. The van der Waals surface area contributed by atoms with Crippen molar-refractivity contribution in [2.24, 2.45) is 5.92 Å². The van der Waals surface area contributed by atoms with Gasteiger partial charge in [0.25, 0.3) is 0 Å². The van der Waals surface area contributed by atoms with Gasteiger partial charge >= 0.3 is 0 Å². The number of aromatic nitrogens is 1. The molecule has 20 heavy (non-hydrogen) atoms. The summed E-state index contributed by atoms with van der Waals surface area (Å²) in [5.41, 5.74) is 10.3. The van der Waals surface area contributed by atoms with E-state index in [1.165, 1.54) is 11.3 Å². The fourth-order valence-electron chi connectivity index (χ4n) is 2.76. The Morgan fingerprint density at radius 3 is 2.90 bits per heavy atom. The highest BCUT2D eigenvalue weighted by molar-refractivity contribution is 9.10. The molecule has 0 aliphatic carbocycles. The number of halogens is 1. The molecule has 2 aromatic rings. The molecule has 1 aromatic carbocycles. The largest absolute Gasteiger partial charge is 0.397 e. The van der Waals surface area contributed by atoms with Crippen molar-refractivity contribution in [2.75, 3.05) is 17.2 Å². The minimum absolute atomic E-state index is 0.608. The maximum absolute atomic E-state index is 5.93. The van der Waals surface area contributed by atoms with Crippen LogP contribution in [0.4, 0.5) is 17.2 Å². The minimum atomic E-state index is 0.608. The highest BCUT2D eigenvalue weighted by Gasteiger charge is 2.25. The summed E-state index contributed by atoms with van der Waals surface area (Å²) in [6.45, 7) is 5.27. The first-order valence-corrected chi connectivity index (χ1v) is 7.63. The molecular weight excluding hydrogens is 314 g/mol. The molecule has 1 aliphatic rings. The number of anilines is 3. The lowest BCUT2D eigenvalue weighted by Gasteiger charge is -2.34. The van der Waals surface area contributed by atoms with E-state index in [4.69, 9.17) is 5.73 Å². The lowest BCUT2D eigenvalue weighted by atomic mass is 9.94. The number of rotatable bonds is 1. The topological polar surface area (TPSA) is 42.1 Å². The van der Waals surface area contributed by atoms with E-state index in [2.05, 4.69) is 57.0 Å². The molecule has 1 atom stereocenters. The summed E-state index contributed by atoms with van der Waals surface area (Å²) in [5.74, 6) is 1.56. The third kappa shape index (κ3) is 2.18. The first-order valence-electron chi connectivity index (χ1n) is 6.84. The Morgan fingerprint density at radius 2 is 2.10 bits per heavy atom. The van der Waals surface area contributed by atoms with Crippen molar-refractivity contribution in [2.45, 2.75) is 20.3 Å². The van der Waals surface area contributed by atoms with Crippen molar-refractivity contribution in [3.63, 3.8) is 0 Å². The fraction of sp³-hybridized carbons (Fsp3) is 0.312. The van der Waals surface area contributed by atoms with Crippen LogP contribution in [0.3, 0.4) is 0 Å². The van der Waals surface area contributed by atoms with Gasteiger partial charge in [-0.1, -0.05) is 25.1 Å². The predicted octanol–water partition coefficient (Wildman–Crippen LogP) is 4.07. The molecule has 104 valence electrons. The zero-order valence-corrected chi connectivity index (χ0v) is 13.3. The normalized spacial score (nSPS) is 17.9. The first kappa shape index (κ1) is 13.4. The highest BCUT2D eigenvalue weighted by atomic mass is 79.9. The van der Waals surface area contributed by atoms with Gasteiger partial charge in [-0.05, 0) is 52.4 Å². The minimum Gasteiger partial charge on any atom is -0.397 e. The van der Waals surface area contributed by atoms with Crippen LogP contribution in [0, 0.1) is 12.8 Å². The van der Waals surface area contributed by atoms with Crippen LogP contribution in [0.1, 0.15) is 18.1 Å². The van der Waals surface area contributed by atoms with Crippen LogP contribution in [0.15, 0.2) is 34.9 Å². The summed E-state index contributed by atoms with van der Waals surface area (Å²) in [5, 5.41) is 0. The molecule has 0 bridgehead atoms. The van der Waals surface area contributed by atoms with E-state index in [9.17, 15) is 0 Å². The molecule has 0 fully saturated rings. The first-order chi connectivity index (χ1) is 9.58. The van der Waals surface area contributed by atoms with Gasteiger partial charge in [0.1, 0.15) is 5.82 Å². The second kappa shape index (κ2) is 5.09. The zero-order valence-electron chi connectivity index (χ0n) is 11.7. The van der Waals surface area contributed by atoms with Gasteiger partial charge in [-0.2, -0.15) is 0 Å². The molecule has 4 heteroatoms. The van der Waals surface area contributed by atoms with E-state index in [0.717, 1.165) is 34.5 Å². The highest BCUT2D eigenvalue weighted by Crippen LogP contribution is 2.39. The van der Waals surface area contributed by atoms with Gasteiger partial charge in [0.2, 0.25) is 0 Å². The molecule has 1 aliphatic heterocycles. The number of nitrogens with zero attached hydrogens (tertiary/aromatic N) is 2. The SMILES string of the molecule is Cc1c(N)cnc(N2CC(C)Cc3ccccc32)c1Br. The number of benzene rings is 1. The Hall–Kier alpha value is -1.55. The lowest BCUT2D eigenvalue weighted by Crippen LogP contribution is -2.31. The van der Waals surface area contributed by atoms with Crippen LogP contribution in [0.5, 0.6) is 0 Å². The molecule has 2 heterocycles. The van der Waals surface area contributed by atoms with Crippen LogP contribution in [-0.2, 0) is 6.42 Å². The van der Waals surface area contributed by atoms with E-state index in [1.807, 2.05) is 6.92 Å². The third-order valence-corrected chi connectivity index (χ3v) is 4.83. The number of nitrogens with two attached hydrogens (primary N) is 1. The Balaban J connectivity index is 2.13. The average molecular weight is 332 g/mol. The molecule has 0 spiro atoms. The zero-order chi connectivity index (χ0) is 14.3. The van der Waals surface area contributed by atoms with Crippen molar-refractivity contribution >= 4 is 33.1 Å². The Bertz CT molecular complexity index is 654. The van der Waals surface area contributed by atoms with Crippen LogP contribution in [-0.4, -0.2) is 11.5 Å². The van der Waals surface area contributed by atoms with Gasteiger partial charge in [0.05, 0.1) is 16.4 Å². The quantitative estimate of drug-likeness (QED) is 0.856. The maximum atomic E-state index is 5.93. The van der Waals surface area contributed by atoms with Crippen molar-refractivity contribution in [1.29, 1.82) is 0 Å². The molecule has 0 saturated heterocycles. The summed E-state index contributed by atoms with van der Waals surface area (Å²) in [6.07, 6.45) is 2.87. The summed E-state index contributed by atoms with van der Waals surface area (Å²) in [7, 11) is 0. The number of pyridine rings is 1. The Labute approximate surface area is 127 Å². The van der Waals surface area contributed by atoms with Crippen molar-refractivity contribution in [1.82, 2.24) is 4.98 Å². The number of para-hydroxylation sites is 1. The third-order valence-electron chi connectivity index (χ3n) is 3.89. The van der Waals surface area contributed by atoms with Gasteiger partial charge in [0, 0.05) is 12.2 Å². The molecule has 1 aromatic heterocycles. The number of hydrogen-bond acceptors (Lipinski definition) is 3. The second-order valence-electron chi connectivity index (χ2n) is 5.52. The van der Waals surface area contributed by atoms with Crippen molar-refractivity contribution in [3.05, 3.63) is 46.1 Å². The molecule has 2 N–H and O–H groups in total. The summed E-state index contributed by atoms with van der Waals surface area (Å²) in [4.78, 5) is 6.84. The summed E-state index contributed by atoms with van der Waals surface area (Å²) in [6, 6.07) is 8.56. The van der Waals surface area contributed by atoms with Gasteiger partial charge in [-0.15, -0.1) is 0 Å². The Kier molecular flexibility index (Phi) is 3.42. The number of fused-ring (bicyclic) bond motifs is 1. The lowest BCUT2D eigenvalue weighted by molar-refractivity contribution is 0.559. The van der Waals surface area contributed by atoms with E-state index in [-0.39, 0.29) is 0 Å². The number of hydrogen-bond donors (Lipinski definition) is 1. The van der Waals surface area contributed by atoms with Crippen molar-refractivity contribution in [3.8, 4) is 0 Å². The molecule has 3 nitrogen and oxygen atoms in total. The molecular formula is C16H18BrN3. The Morgan fingerprint density at radius 1 is 1.35 bits per heavy atom. The van der Waals surface area contributed by atoms with Crippen LogP contribution >= 0.6 is 15.9 Å². The van der Waals surface area contributed by atoms with E-state index < -0.39 is 0 Å². The maximum Gasteiger partial charge on any atom is 0.147 e. The van der Waals surface area contributed by atoms with E-state index in [1.54, 1.807) is 6.20 Å². The summed E-state index contributed by atoms with van der Waals surface area (Å²) >= 11 is 3.65. The molecule has 0 amide bonds. The monoisotopic (exact) mass is 331 g/mol. The molecule has 1 unspecified atom stereocenters. The van der Waals surface area contributed by atoms with Gasteiger partial charge in [-0.3, -0.25) is 0 Å². The summed E-state index contributed by atoms with van der Waals surface area (Å²) < 4.78 is 0.987. The van der Waals surface area contributed by atoms with Crippen LogP contribution in [0.2, 0.25) is 0 Å². The van der Waals surface area contributed by atoms with Crippen LogP contribution in [0.25, 0.3) is 0 Å². The average Bonchev–Trinajstić information content (AvgIpc) is 2.44. The smallest absolute Gasteiger partial charge is 0.147 e. The molecule has 0 saturated carbocycles. The second-order valence-corrected chi connectivity index (χ2v) is 6.32. The van der Waals surface area contributed by atoms with E-state index >= 15 is 0 Å². The van der Waals surface area contributed by atoms with Crippen LogP contribution < -0.4 is 10.6 Å². The van der Waals surface area contributed by atoms with Gasteiger partial charge < -0.3 is 10.6 Å².